The molecule has 17 heteroatoms. The fourth-order valence-corrected chi connectivity index (χ4v) is 3.81. The number of carbonyl (C=O) groups is 2. The molecule has 0 aliphatic rings. The Bertz CT molecular complexity index is 1400. The molecule has 1 amide bonds. The van der Waals surface area contributed by atoms with Crippen molar-refractivity contribution >= 4 is 38.5 Å². The van der Waals surface area contributed by atoms with Gasteiger partial charge in [-0.25, -0.2) is 23.7 Å². The Morgan fingerprint density at radius 1 is 0.921 bits per heavy atom. The van der Waals surface area contributed by atoms with E-state index in [1.807, 2.05) is 0 Å². The molecular formula is C21H18F6N4O6S. The Labute approximate surface area is 210 Å². The first-order chi connectivity index (χ1) is 17.5. The molecule has 0 radical (unpaired) electrons. The van der Waals surface area contributed by atoms with Crippen LogP contribution in [-0.4, -0.2) is 48.3 Å². The number of para-hydroxylation sites is 1. The minimum atomic E-state index is -5.08. The number of pyridine rings is 1. The molecule has 3 rings (SSSR count). The van der Waals surface area contributed by atoms with Crippen LogP contribution in [0.5, 0.6) is 0 Å². The van der Waals surface area contributed by atoms with Crippen molar-refractivity contribution in [3.63, 3.8) is 0 Å². The highest BCUT2D eigenvalue weighted by molar-refractivity contribution is 7.92. The van der Waals surface area contributed by atoms with Crippen molar-refractivity contribution in [2.24, 2.45) is 0 Å². The molecule has 3 aromatic rings. The third-order valence-corrected chi connectivity index (χ3v) is 5.85. The second kappa shape index (κ2) is 12.1. The highest BCUT2D eigenvalue weighted by Crippen LogP contribution is 2.30. The molecule has 0 saturated heterocycles. The molecule has 2 aromatic carbocycles. The number of sulfonamides is 1. The normalized spacial score (nSPS) is 11.9. The van der Waals surface area contributed by atoms with Crippen LogP contribution < -0.4 is 15.5 Å². The maximum atomic E-state index is 12.7. The van der Waals surface area contributed by atoms with E-state index in [1.54, 1.807) is 24.3 Å². The second-order valence-corrected chi connectivity index (χ2v) is 8.93. The van der Waals surface area contributed by atoms with Gasteiger partial charge in [0.25, 0.3) is 15.9 Å². The van der Waals surface area contributed by atoms with Crippen LogP contribution in [0.1, 0.15) is 11.3 Å². The number of hydrogen-bond donors (Lipinski definition) is 5. The van der Waals surface area contributed by atoms with E-state index in [4.69, 9.17) is 15.1 Å². The lowest BCUT2D eigenvalue weighted by Gasteiger charge is -2.12. The van der Waals surface area contributed by atoms with E-state index in [9.17, 15) is 39.6 Å². The lowest BCUT2D eigenvalue weighted by molar-refractivity contribution is -0.192. The molecule has 0 aliphatic heterocycles. The molecule has 1 heterocycles. The van der Waals surface area contributed by atoms with E-state index in [0.29, 0.717) is 28.7 Å². The third-order valence-electron chi connectivity index (χ3n) is 4.47. The molecular weight excluding hydrogens is 550 g/mol. The average molecular weight is 568 g/mol. The molecule has 0 fully saturated rings. The van der Waals surface area contributed by atoms with Crippen molar-refractivity contribution in [1.29, 1.82) is 0 Å². The summed E-state index contributed by atoms with van der Waals surface area (Å²) in [5.41, 5.74) is 1.50. The number of hydrogen-bond acceptors (Lipinski definition) is 7. The van der Waals surface area contributed by atoms with Crippen molar-refractivity contribution in [2.45, 2.75) is 23.8 Å². The molecule has 10 nitrogen and oxygen atoms in total. The van der Waals surface area contributed by atoms with Gasteiger partial charge in [0.1, 0.15) is 0 Å². The smallest absolute Gasteiger partial charge is 0.475 e. The van der Waals surface area contributed by atoms with Gasteiger partial charge in [-0.05, 0) is 36.4 Å². The molecule has 206 valence electrons. The Kier molecular flexibility index (Phi) is 9.60. The van der Waals surface area contributed by atoms with Gasteiger partial charge < -0.3 is 10.4 Å². The molecule has 38 heavy (non-hydrogen) atoms. The number of aromatic nitrogens is 1. The fraction of sp³-hybridized carbons (Fsp3) is 0.190. The number of fused-ring (bicyclic) bond motifs is 1. The van der Waals surface area contributed by atoms with E-state index in [-0.39, 0.29) is 23.7 Å². The van der Waals surface area contributed by atoms with Gasteiger partial charge in [0.15, 0.2) is 0 Å². The maximum Gasteiger partial charge on any atom is 0.490 e. The largest absolute Gasteiger partial charge is 0.490 e. The highest BCUT2D eigenvalue weighted by Gasteiger charge is 2.38. The Morgan fingerprint density at radius 3 is 2.05 bits per heavy atom. The predicted octanol–water partition coefficient (Wildman–Crippen LogP) is 3.28. The summed E-state index contributed by atoms with van der Waals surface area (Å²) in [4.78, 5) is 24.0. The van der Waals surface area contributed by atoms with Gasteiger partial charge in [0.2, 0.25) is 0 Å². The number of hydroxylamine groups is 1. The summed E-state index contributed by atoms with van der Waals surface area (Å²) in [6.45, 7) is 0.0156. The molecule has 0 atom stereocenters. The number of benzene rings is 2. The lowest BCUT2D eigenvalue weighted by Crippen LogP contribution is -2.31. The summed E-state index contributed by atoms with van der Waals surface area (Å²) in [6, 6.07) is 11.4. The van der Waals surface area contributed by atoms with Crippen molar-refractivity contribution in [1.82, 2.24) is 15.8 Å². The first-order valence-electron chi connectivity index (χ1n) is 10.1. The van der Waals surface area contributed by atoms with Gasteiger partial charge in [-0.15, -0.1) is 0 Å². The molecule has 0 spiro atoms. The quantitative estimate of drug-likeness (QED) is 0.165. The fourth-order valence-electron chi connectivity index (χ4n) is 2.74. The van der Waals surface area contributed by atoms with Crippen LogP contribution in [0.25, 0.3) is 10.9 Å². The molecule has 5 N–H and O–H groups in total. The number of halogens is 6. The number of anilines is 1. The molecule has 0 bridgehead atoms. The van der Waals surface area contributed by atoms with E-state index in [1.165, 1.54) is 11.5 Å². The Morgan fingerprint density at radius 2 is 1.53 bits per heavy atom. The second-order valence-electron chi connectivity index (χ2n) is 7.25. The average Bonchev–Trinajstić information content (AvgIpc) is 2.83. The Hall–Kier alpha value is -3.96. The van der Waals surface area contributed by atoms with Crippen molar-refractivity contribution in [3.05, 3.63) is 65.9 Å². The zero-order chi connectivity index (χ0) is 28.7. The maximum absolute atomic E-state index is 12.7. The van der Waals surface area contributed by atoms with Crippen LogP contribution >= 0.6 is 0 Å². The lowest BCUT2D eigenvalue weighted by atomic mass is 10.2. The van der Waals surface area contributed by atoms with E-state index in [2.05, 4.69) is 15.0 Å². The Balaban J connectivity index is 0.000000638. The van der Waals surface area contributed by atoms with E-state index < -0.39 is 39.8 Å². The number of amides is 1. The molecule has 0 aliphatic carbocycles. The minimum Gasteiger partial charge on any atom is -0.475 e. The summed E-state index contributed by atoms with van der Waals surface area (Å²) in [5, 5.41) is 19.0. The number of nitrogens with one attached hydrogen (secondary N) is 3. The topological polar surface area (TPSA) is 158 Å². The van der Waals surface area contributed by atoms with Gasteiger partial charge in [-0.2, -0.15) is 26.3 Å². The number of carboxylic acids is 1. The highest BCUT2D eigenvalue weighted by atomic mass is 32.2. The first-order valence-corrected chi connectivity index (χ1v) is 11.6. The first kappa shape index (κ1) is 30.3. The zero-order valence-corrected chi connectivity index (χ0v) is 19.6. The van der Waals surface area contributed by atoms with Crippen molar-refractivity contribution in [2.75, 3.05) is 11.3 Å². The van der Waals surface area contributed by atoms with Gasteiger partial charge >= 0.3 is 18.3 Å². The summed E-state index contributed by atoms with van der Waals surface area (Å²) in [5.74, 6) is -3.39. The predicted molar refractivity (Wildman–Crippen MR) is 119 cm³/mol. The zero-order valence-electron chi connectivity index (χ0n) is 18.8. The number of carboxylic acid groups (broad SMARTS) is 1. The van der Waals surface area contributed by atoms with Crippen LogP contribution in [0.15, 0.2) is 59.5 Å². The van der Waals surface area contributed by atoms with Gasteiger partial charge in [-0.1, -0.05) is 18.2 Å². The minimum absolute atomic E-state index is 0.146. The number of carbonyl (C=O) groups excluding carboxylic acids is 1. The van der Waals surface area contributed by atoms with Crippen molar-refractivity contribution in [3.8, 4) is 0 Å². The number of nitrogens with zero attached hydrogens (tertiary/aromatic N) is 1. The standard InChI is InChI=1S/C19H17F3N4O4S.C2HF3O2/c20-19(21,22)13-5-8-15(9-6-13)31(29,30)26-16-3-1-2-12-4-7-14(24-18(12)16)10-23-11-17(27)25-28;3-2(4,5)1(6)7/h1-9,23,26,28H,10-11H2,(H,25,27);(H,6,7). The molecule has 0 unspecified atom stereocenters. The molecule has 1 aromatic heterocycles. The van der Waals surface area contributed by atoms with E-state index >= 15 is 0 Å². The van der Waals surface area contributed by atoms with Crippen molar-refractivity contribution < 1.29 is 54.7 Å². The monoisotopic (exact) mass is 568 g/mol. The number of aliphatic carboxylic acids is 1. The van der Waals surface area contributed by atoms with Crippen LogP contribution in [0, 0.1) is 0 Å². The van der Waals surface area contributed by atoms with Gasteiger partial charge in [-0.3, -0.25) is 14.7 Å². The summed E-state index contributed by atoms with van der Waals surface area (Å²) in [7, 11) is -4.17. The van der Waals surface area contributed by atoms with Crippen LogP contribution in [0.2, 0.25) is 0 Å². The van der Waals surface area contributed by atoms with E-state index in [0.717, 1.165) is 12.1 Å². The summed E-state index contributed by atoms with van der Waals surface area (Å²) >= 11 is 0. The SMILES string of the molecule is O=C(CNCc1ccc2cccc(NS(=O)(=O)c3ccc(C(F)(F)F)cc3)c2n1)NO.O=C(O)C(F)(F)F. The van der Waals surface area contributed by atoms with Crippen LogP contribution in [0.4, 0.5) is 32.0 Å². The number of alkyl halides is 6. The van der Waals surface area contributed by atoms with Gasteiger partial charge in [0.05, 0.1) is 33.9 Å². The van der Waals surface area contributed by atoms with Crippen LogP contribution in [-0.2, 0) is 32.3 Å². The van der Waals surface area contributed by atoms with Gasteiger partial charge in [0, 0.05) is 11.9 Å². The molecule has 0 saturated carbocycles. The summed E-state index contributed by atoms with van der Waals surface area (Å²) < 4.78 is 97.6. The summed E-state index contributed by atoms with van der Waals surface area (Å²) in [6.07, 6.45) is -9.66. The third kappa shape index (κ3) is 8.56. The number of rotatable bonds is 7. The van der Waals surface area contributed by atoms with Crippen LogP contribution in [0.3, 0.4) is 0 Å².